The van der Waals surface area contributed by atoms with Gasteiger partial charge >= 0.3 is 5.97 Å². The molecule has 1 N–H and O–H groups in total. The number of hydrogen-bond donors (Lipinski definition) is 1. The van der Waals surface area contributed by atoms with E-state index in [1.165, 1.54) is 0 Å². The molecule has 1 fully saturated rings. The fourth-order valence-electron chi connectivity index (χ4n) is 2.22. The highest BCUT2D eigenvalue weighted by molar-refractivity contribution is 5.75. The molecule has 1 saturated carbocycles. The van der Waals surface area contributed by atoms with Crippen LogP contribution in [0.1, 0.15) is 45.4 Å². The van der Waals surface area contributed by atoms with Gasteiger partial charge in [-0.1, -0.05) is 19.3 Å². The van der Waals surface area contributed by atoms with Gasteiger partial charge in [0.1, 0.15) is 5.92 Å². The smallest absolute Gasteiger partial charge is 0.323 e. The van der Waals surface area contributed by atoms with Crippen molar-refractivity contribution in [3.63, 3.8) is 0 Å². The average Bonchev–Trinajstić information content (AvgIpc) is 2.27. The molecule has 0 saturated heterocycles. The van der Waals surface area contributed by atoms with Crippen LogP contribution in [0.5, 0.6) is 0 Å². The number of nitriles is 1. The van der Waals surface area contributed by atoms with Crippen LogP contribution < -0.4 is 0 Å². The summed E-state index contributed by atoms with van der Waals surface area (Å²) >= 11 is 0. The summed E-state index contributed by atoms with van der Waals surface area (Å²) in [5, 5.41) is 19.1. The SMILES string of the molecule is CCOC(=O)C(C#N)CC1(O)CCCCC1. The molecule has 0 bridgehead atoms. The predicted molar refractivity (Wildman–Crippen MR) is 58.4 cm³/mol. The summed E-state index contributed by atoms with van der Waals surface area (Å²) in [6.07, 6.45) is 4.64. The van der Waals surface area contributed by atoms with Crippen LogP contribution in [0.4, 0.5) is 0 Å². The van der Waals surface area contributed by atoms with Crippen LogP contribution in [0, 0.1) is 17.2 Å². The van der Waals surface area contributed by atoms with Gasteiger partial charge in [0.25, 0.3) is 0 Å². The molecular weight excluding hydrogens is 206 g/mol. The number of nitrogens with zero attached hydrogens (tertiary/aromatic N) is 1. The minimum Gasteiger partial charge on any atom is -0.465 e. The Balaban J connectivity index is 2.55. The Morgan fingerprint density at radius 2 is 2.12 bits per heavy atom. The van der Waals surface area contributed by atoms with E-state index in [1.807, 2.05) is 6.07 Å². The van der Waals surface area contributed by atoms with Crippen LogP contribution in [0.15, 0.2) is 0 Å². The molecule has 1 atom stereocenters. The Bertz CT molecular complexity index is 276. The molecule has 4 heteroatoms. The topological polar surface area (TPSA) is 70.3 Å². The van der Waals surface area contributed by atoms with Crippen LogP contribution >= 0.6 is 0 Å². The van der Waals surface area contributed by atoms with Gasteiger partial charge < -0.3 is 9.84 Å². The molecule has 0 aromatic heterocycles. The van der Waals surface area contributed by atoms with Crippen molar-refractivity contribution in [2.45, 2.75) is 51.0 Å². The van der Waals surface area contributed by atoms with E-state index in [0.717, 1.165) is 19.3 Å². The van der Waals surface area contributed by atoms with Crippen molar-refractivity contribution in [3.05, 3.63) is 0 Å². The van der Waals surface area contributed by atoms with Crippen LogP contribution in [0.2, 0.25) is 0 Å². The summed E-state index contributed by atoms with van der Waals surface area (Å²) in [6, 6.07) is 1.92. The van der Waals surface area contributed by atoms with E-state index >= 15 is 0 Å². The summed E-state index contributed by atoms with van der Waals surface area (Å²) in [5.41, 5.74) is -0.842. The molecule has 0 radical (unpaired) electrons. The number of aliphatic hydroxyl groups is 1. The highest BCUT2D eigenvalue weighted by Gasteiger charge is 2.35. The van der Waals surface area contributed by atoms with Crippen molar-refractivity contribution in [1.29, 1.82) is 5.26 Å². The van der Waals surface area contributed by atoms with Gasteiger partial charge in [-0.15, -0.1) is 0 Å². The molecule has 90 valence electrons. The third-order valence-electron chi connectivity index (χ3n) is 3.10. The van der Waals surface area contributed by atoms with E-state index in [9.17, 15) is 9.90 Å². The lowest BCUT2D eigenvalue weighted by Crippen LogP contribution is -2.36. The molecule has 16 heavy (non-hydrogen) atoms. The number of rotatable bonds is 4. The maximum absolute atomic E-state index is 11.4. The number of esters is 1. The van der Waals surface area contributed by atoms with E-state index in [0.29, 0.717) is 12.8 Å². The molecule has 1 aliphatic carbocycles. The summed E-state index contributed by atoms with van der Waals surface area (Å²) in [6.45, 7) is 1.98. The first-order valence-corrected chi connectivity index (χ1v) is 5.90. The maximum atomic E-state index is 11.4. The predicted octanol–water partition coefficient (Wildman–Crippen LogP) is 1.77. The Morgan fingerprint density at radius 1 is 1.50 bits per heavy atom. The lowest BCUT2D eigenvalue weighted by atomic mass is 9.79. The molecule has 0 spiro atoms. The normalized spacial score (nSPS) is 20.8. The Morgan fingerprint density at radius 3 is 2.62 bits per heavy atom. The Kier molecular flexibility index (Phi) is 4.75. The molecule has 0 aliphatic heterocycles. The zero-order valence-corrected chi connectivity index (χ0v) is 9.74. The van der Waals surface area contributed by atoms with Gasteiger partial charge in [-0.2, -0.15) is 5.26 Å². The van der Waals surface area contributed by atoms with Gasteiger partial charge in [0, 0.05) is 6.42 Å². The fourth-order valence-corrected chi connectivity index (χ4v) is 2.22. The van der Waals surface area contributed by atoms with Crippen molar-refractivity contribution in [3.8, 4) is 6.07 Å². The van der Waals surface area contributed by atoms with Crippen molar-refractivity contribution in [2.75, 3.05) is 6.61 Å². The van der Waals surface area contributed by atoms with Gasteiger partial charge in [0.2, 0.25) is 0 Å². The molecule has 0 amide bonds. The molecule has 0 aromatic rings. The van der Waals surface area contributed by atoms with Gasteiger partial charge in [-0.25, -0.2) is 0 Å². The second-order valence-corrected chi connectivity index (χ2v) is 4.42. The molecule has 1 unspecified atom stereocenters. The Labute approximate surface area is 96.2 Å². The standard InChI is InChI=1S/C12H19NO3/c1-2-16-11(14)10(9-13)8-12(15)6-4-3-5-7-12/h10,15H,2-8H2,1H3. The number of carbonyl (C=O) groups excluding carboxylic acids is 1. The summed E-state index contributed by atoms with van der Waals surface area (Å²) in [4.78, 5) is 11.4. The lowest BCUT2D eigenvalue weighted by molar-refractivity contribution is -0.148. The van der Waals surface area contributed by atoms with Gasteiger partial charge in [-0.3, -0.25) is 4.79 Å². The lowest BCUT2D eigenvalue weighted by Gasteiger charge is -2.32. The number of carbonyl (C=O) groups is 1. The maximum Gasteiger partial charge on any atom is 0.323 e. The highest BCUT2D eigenvalue weighted by Crippen LogP contribution is 2.33. The molecule has 0 aromatic carbocycles. The van der Waals surface area contributed by atoms with E-state index in [2.05, 4.69) is 0 Å². The second kappa shape index (κ2) is 5.86. The summed E-state index contributed by atoms with van der Waals surface area (Å²) in [7, 11) is 0. The first-order chi connectivity index (χ1) is 7.61. The largest absolute Gasteiger partial charge is 0.465 e. The molecule has 1 rings (SSSR count). The summed E-state index contributed by atoms with van der Waals surface area (Å²) < 4.78 is 4.81. The van der Waals surface area contributed by atoms with Gasteiger partial charge in [-0.05, 0) is 19.8 Å². The van der Waals surface area contributed by atoms with Crippen molar-refractivity contribution < 1.29 is 14.6 Å². The molecule has 0 heterocycles. The minimum absolute atomic E-state index is 0.211. The zero-order valence-electron chi connectivity index (χ0n) is 9.74. The highest BCUT2D eigenvalue weighted by atomic mass is 16.5. The van der Waals surface area contributed by atoms with E-state index < -0.39 is 17.5 Å². The first-order valence-electron chi connectivity index (χ1n) is 5.90. The van der Waals surface area contributed by atoms with E-state index in [-0.39, 0.29) is 13.0 Å². The second-order valence-electron chi connectivity index (χ2n) is 4.42. The zero-order chi connectivity index (χ0) is 12.0. The molecular formula is C12H19NO3. The monoisotopic (exact) mass is 225 g/mol. The third-order valence-corrected chi connectivity index (χ3v) is 3.10. The summed E-state index contributed by atoms with van der Waals surface area (Å²) in [5.74, 6) is -1.34. The van der Waals surface area contributed by atoms with Crippen LogP contribution in [0.25, 0.3) is 0 Å². The van der Waals surface area contributed by atoms with Crippen LogP contribution in [0.3, 0.4) is 0 Å². The van der Waals surface area contributed by atoms with Crippen LogP contribution in [-0.4, -0.2) is 23.3 Å². The first kappa shape index (κ1) is 13.0. The quantitative estimate of drug-likeness (QED) is 0.740. The van der Waals surface area contributed by atoms with E-state index in [4.69, 9.17) is 10.00 Å². The molecule has 1 aliphatic rings. The fraction of sp³-hybridized carbons (Fsp3) is 0.833. The van der Waals surface area contributed by atoms with E-state index in [1.54, 1.807) is 6.92 Å². The van der Waals surface area contributed by atoms with Crippen molar-refractivity contribution >= 4 is 5.97 Å². The van der Waals surface area contributed by atoms with Crippen LogP contribution in [-0.2, 0) is 9.53 Å². The van der Waals surface area contributed by atoms with Gasteiger partial charge in [0.05, 0.1) is 18.3 Å². The number of ether oxygens (including phenoxy) is 1. The van der Waals surface area contributed by atoms with Crippen molar-refractivity contribution in [1.82, 2.24) is 0 Å². The Hall–Kier alpha value is -1.08. The van der Waals surface area contributed by atoms with Gasteiger partial charge in [0.15, 0.2) is 0 Å². The minimum atomic E-state index is -0.842. The van der Waals surface area contributed by atoms with Crippen molar-refractivity contribution in [2.24, 2.45) is 5.92 Å². The third kappa shape index (κ3) is 3.49. The average molecular weight is 225 g/mol. The molecule has 4 nitrogen and oxygen atoms in total. The number of hydrogen-bond acceptors (Lipinski definition) is 4.